The highest BCUT2D eigenvalue weighted by Crippen LogP contribution is 2.28. The lowest BCUT2D eigenvalue weighted by Gasteiger charge is -2.43. The molecular weight excluding hydrogens is 264 g/mol. The number of rotatable bonds is 2. The summed E-state index contributed by atoms with van der Waals surface area (Å²) < 4.78 is 0. The fourth-order valence-electron chi connectivity index (χ4n) is 3.61. The summed E-state index contributed by atoms with van der Waals surface area (Å²) in [5, 5.41) is 2.72. The maximum atomic E-state index is 12.4. The molecule has 4 heteroatoms. The largest absolute Gasteiger partial charge is 0.345 e. The van der Waals surface area contributed by atoms with Gasteiger partial charge >= 0.3 is 0 Å². The lowest BCUT2D eigenvalue weighted by Crippen LogP contribution is -2.63. The van der Waals surface area contributed by atoms with Crippen molar-refractivity contribution in [2.75, 3.05) is 6.54 Å². The maximum Gasteiger partial charge on any atom is 0.243 e. The minimum atomic E-state index is -0.332. The third-order valence-corrected chi connectivity index (χ3v) is 4.62. The molecular formula is C17H22N2O2. The molecule has 0 radical (unpaired) electrons. The molecule has 0 aromatic heterocycles. The first-order chi connectivity index (χ1) is 10.1. The number of aryl methyl sites for hydroxylation is 1. The molecule has 0 bridgehead atoms. The van der Waals surface area contributed by atoms with Crippen molar-refractivity contribution in [2.45, 2.75) is 45.2 Å². The van der Waals surface area contributed by atoms with E-state index in [-0.39, 0.29) is 36.4 Å². The molecule has 1 fully saturated rings. The number of carbonyl (C=O) groups excluding carboxylic acids is 2. The van der Waals surface area contributed by atoms with Crippen LogP contribution in [0.2, 0.25) is 0 Å². The van der Waals surface area contributed by atoms with Gasteiger partial charge in [-0.25, -0.2) is 0 Å². The van der Waals surface area contributed by atoms with Crippen LogP contribution in [-0.2, 0) is 22.4 Å². The Morgan fingerprint density at radius 1 is 1.19 bits per heavy atom. The molecule has 4 nitrogen and oxygen atoms in total. The van der Waals surface area contributed by atoms with Gasteiger partial charge in [0.1, 0.15) is 6.04 Å². The molecule has 2 aliphatic rings. The molecule has 3 rings (SSSR count). The predicted octanol–water partition coefficient (Wildman–Crippen LogP) is 1.53. The van der Waals surface area contributed by atoms with Crippen molar-refractivity contribution < 1.29 is 9.59 Å². The van der Waals surface area contributed by atoms with Gasteiger partial charge in [0.05, 0.1) is 6.54 Å². The Hall–Kier alpha value is -1.84. The van der Waals surface area contributed by atoms with Crippen LogP contribution in [-0.4, -0.2) is 35.3 Å². The fourth-order valence-corrected chi connectivity index (χ4v) is 3.61. The quantitative estimate of drug-likeness (QED) is 0.896. The highest BCUT2D eigenvalue weighted by molar-refractivity contribution is 5.95. The average molecular weight is 286 g/mol. The van der Waals surface area contributed by atoms with Gasteiger partial charge in [0.25, 0.3) is 0 Å². The number of carbonyl (C=O) groups is 2. The Morgan fingerprint density at radius 3 is 2.62 bits per heavy atom. The van der Waals surface area contributed by atoms with Gasteiger partial charge < -0.3 is 10.2 Å². The topological polar surface area (TPSA) is 49.4 Å². The SMILES string of the molecule is CC(C)C1C(=O)NCC(=O)N1C1CCc2ccccc2C1. The van der Waals surface area contributed by atoms with E-state index in [2.05, 4.69) is 23.5 Å². The van der Waals surface area contributed by atoms with Crippen molar-refractivity contribution in [2.24, 2.45) is 5.92 Å². The van der Waals surface area contributed by atoms with Crippen LogP contribution in [0, 0.1) is 5.92 Å². The molecule has 1 aliphatic heterocycles. The van der Waals surface area contributed by atoms with E-state index in [0.717, 1.165) is 19.3 Å². The zero-order chi connectivity index (χ0) is 15.0. The number of piperazine rings is 1. The fraction of sp³-hybridized carbons (Fsp3) is 0.529. The van der Waals surface area contributed by atoms with Gasteiger partial charge in [-0.1, -0.05) is 38.1 Å². The van der Waals surface area contributed by atoms with E-state index in [0.29, 0.717) is 0 Å². The van der Waals surface area contributed by atoms with Crippen LogP contribution in [0.15, 0.2) is 24.3 Å². The molecule has 1 aromatic carbocycles. The number of benzene rings is 1. The van der Waals surface area contributed by atoms with Crippen LogP contribution in [0.4, 0.5) is 0 Å². The van der Waals surface area contributed by atoms with Gasteiger partial charge in [0, 0.05) is 6.04 Å². The summed E-state index contributed by atoms with van der Waals surface area (Å²) in [5.41, 5.74) is 2.69. The highest BCUT2D eigenvalue weighted by atomic mass is 16.2. The van der Waals surface area contributed by atoms with E-state index in [4.69, 9.17) is 0 Å². The molecule has 0 spiro atoms. The smallest absolute Gasteiger partial charge is 0.243 e. The first kappa shape index (κ1) is 14.1. The van der Waals surface area contributed by atoms with Gasteiger partial charge in [-0.2, -0.15) is 0 Å². The van der Waals surface area contributed by atoms with Crippen LogP contribution >= 0.6 is 0 Å². The number of amides is 2. The monoisotopic (exact) mass is 286 g/mol. The van der Waals surface area contributed by atoms with Crippen molar-refractivity contribution in [3.8, 4) is 0 Å². The summed E-state index contributed by atoms with van der Waals surface area (Å²) in [6.45, 7) is 4.15. The Kier molecular flexibility index (Phi) is 3.70. The summed E-state index contributed by atoms with van der Waals surface area (Å²) in [5.74, 6) is 0.174. The van der Waals surface area contributed by atoms with Gasteiger partial charge in [0.15, 0.2) is 0 Å². The first-order valence-corrected chi connectivity index (χ1v) is 7.73. The van der Waals surface area contributed by atoms with E-state index in [1.54, 1.807) is 0 Å². The van der Waals surface area contributed by atoms with Gasteiger partial charge in [0.2, 0.25) is 11.8 Å². The van der Waals surface area contributed by atoms with Crippen molar-refractivity contribution in [3.05, 3.63) is 35.4 Å². The van der Waals surface area contributed by atoms with Crippen LogP contribution in [0.5, 0.6) is 0 Å². The summed E-state index contributed by atoms with van der Waals surface area (Å²) in [7, 11) is 0. The van der Waals surface area contributed by atoms with E-state index in [1.807, 2.05) is 24.8 Å². The van der Waals surface area contributed by atoms with Gasteiger partial charge in [-0.3, -0.25) is 9.59 Å². The van der Waals surface area contributed by atoms with E-state index in [1.165, 1.54) is 11.1 Å². The molecule has 0 saturated carbocycles. The standard InChI is InChI=1S/C17H22N2O2/c1-11(2)16-17(21)18-10-15(20)19(16)14-8-7-12-5-3-4-6-13(12)9-14/h3-6,11,14,16H,7-10H2,1-2H3,(H,18,21). The molecule has 1 aromatic rings. The Morgan fingerprint density at radius 2 is 1.90 bits per heavy atom. The zero-order valence-corrected chi connectivity index (χ0v) is 12.6. The van der Waals surface area contributed by atoms with Crippen molar-refractivity contribution >= 4 is 11.8 Å². The zero-order valence-electron chi connectivity index (χ0n) is 12.6. The summed E-state index contributed by atoms with van der Waals surface area (Å²) in [6, 6.07) is 8.23. The van der Waals surface area contributed by atoms with E-state index >= 15 is 0 Å². The number of fused-ring (bicyclic) bond motifs is 1. The Labute approximate surface area is 125 Å². The van der Waals surface area contributed by atoms with E-state index < -0.39 is 0 Å². The second-order valence-electron chi connectivity index (χ2n) is 6.37. The van der Waals surface area contributed by atoms with Crippen LogP contribution in [0.1, 0.15) is 31.4 Å². The number of nitrogens with zero attached hydrogens (tertiary/aromatic N) is 1. The second-order valence-corrected chi connectivity index (χ2v) is 6.37. The number of hydrogen-bond acceptors (Lipinski definition) is 2. The molecule has 2 atom stereocenters. The Bertz CT molecular complexity index is 568. The van der Waals surface area contributed by atoms with Crippen LogP contribution in [0.25, 0.3) is 0 Å². The molecule has 112 valence electrons. The van der Waals surface area contributed by atoms with E-state index in [9.17, 15) is 9.59 Å². The first-order valence-electron chi connectivity index (χ1n) is 7.73. The minimum Gasteiger partial charge on any atom is -0.345 e. The number of hydrogen-bond donors (Lipinski definition) is 1. The average Bonchev–Trinajstić information content (AvgIpc) is 2.48. The van der Waals surface area contributed by atoms with Crippen molar-refractivity contribution in [1.29, 1.82) is 0 Å². The Balaban J connectivity index is 1.87. The maximum absolute atomic E-state index is 12.4. The van der Waals surface area contributed by atoms with Crippen molar-refractivity contribution in [1.82, 2.24) is 10.2 Å². The van der Waals surface area contributed by atoms with Crippen molar-refractivity contribution in [3.63, 3.8) is 0 Å². The second kappa shape index (κ2) is 5.51. The molecule has 1 N–H and O–H groups in total. The highest BCUT2D eigenvalue weighted by Gasteiger charge is 2.41. The predicted molar refractivity (Wildman–Crippen MR) is 80.7 cm³/mol. The normalized spacial score (nSPS) is 25.8. The third-order valence-electron chi connectivity index (χ3n) is 4.62. The lowest BCUT2D eigenvalue weighted by molar-refractivity contribution is -0.150. The molecule has 21 heavy (non-hydrogen) atoms. The molecule has 2 unspecified atom stereocenters. The molecule has 1 saturated heterocycles. The summed E-state index contributed by atoms with van der Waals surface area (Å²) in [4.78, 5) is 26.4. The summed E-state index contributed by atoms with van der Waals surface area (Å²) >= 11 is 0. The molecule has 1 aliphatic carbocycles. The lowest BCUT2D eigenvalue weighted by atomic mass is 9.85. The van der Waals surface area contributed by atoms with Crippen LogP contribution in [0.3, 0.4) is 0 Å². The van der Waals surface area contributed by atoms with Gasteiger partial charge in [-0.05, 0) is 36.3 Å². The summed E-state index contributed by atoms with van der Waals surface area (Å²) in [6.07, 6.45) is 2.79. The molecule has 1 heterocycles. The third kappa shape index (κ3) is 2.55. The van der Waals surface area contributed by atoms with Crippen LogP contribution < -0.4 is 5.32 Å². The van der Waals surface area contributed by atoms with Gasteiger partial charge in [-0.15, -0.1) is 0 Å². The number of nitrogens with one attached hydrogen (secondary N) is 1. The molecule has 2 amide bonds. The minimum absolute atomic E-state index is 0.0107.